The molecule has 7 nitrogen and oxygen atoms in total. The summed E-state index contributed by atoms with van der Waals surface area (Å²) < 4.78 is 11.3. The number of hydrogen-bond donors (Lipinski definition) is 1. The molecule has 1 aromatic carbocycles. The van der Waals surface area contributed by atoms with Crippen LogP contribution >= 0.6 is 0 Å². The molecule has 3 heterocycles. The molecule has 3 aromatic rings. The molecule has 0 saturated carbocycles. The molecule has 0 saturated heterocycles. The van der Waals surface area contributed by atoms with Crippen LogP contribution in [0.2, 0.25) is 0 Å². The lowest BCUT2D eigenvalue weighted by atomic mass is 10.1. The zero-order valence-corrected chi connectivity index (χ0v) is 18.6. The Morgan fingerprint density at radius 2 is 1.35 bits per heavy atom. The van der Waals surface area contributed by atoms with Crippen LogP contribution in [0, 0.1) is 27.7 Å². The second-order valence-electron chi connectivity index (χ2n) is 7.45. The Morgan fingerprint density at radius 3 is 2.03 bits per heavy atom. The van der Waals surface area contributed by atoms with E-state index in [1.54, 1.807) is 14.2 Å². The molecule has 158 valence electrons. The summed E-state index contributed by atoms with van der Waals surface area (Å²) in [5.41, 5.74) is 5.33. The minimum absolute atomic E-state index is 0.514. The van der Waals surface area contributed by atoms with Gasteiger partial charge in [0.2, 0.25) is 0 Å². The lowest BCUT2D eigenvalue weighted by Crippen LogP contribution is -2.15. The molecule has 2 aromatic heterocycles. The fourth-order valence-corrected chi connectivity index (χ4v) is 3.44. The highest BCUT2D eigenvalue weighted by Crippen LogP contribution is 2.37. The van der Waals surface area contributed by atoms with Crippen molar-refractivity contribution in [2.24, 2.45) is 9.98 Å². The molecular formula is C24H25N5O2. The van der Waals surface area contributed by atoms with Crippen LogP contribution in [0.4, 0.5) is 11.6 Å². The number of pyridine rings is 2. The van der Waals surface area contributed by atoms with E-state index in [0.29, 0.717) is 29.0 Å². The van der Waals surface area contributed by atoms with Crippen molar-refractivity contribution in [2.75, 3.05) is 19.5 Å². The first-order valence-corrected chi connectivity index (χ1v) is 10.00. The van der Waals surface area contributed by atoms with Crippen LogP contribution in [0.1, 0.15) is 33.6 Å². The van der Waals surface area contributed by atoms with Gasteiger partial charge in [-0.25, -0.2) is 20.0 Å². The molecule has 0 radical (unpaired) electrons. The first kappa shape index (κ1) is 20.5. The monoisotopic (exact) mass is 415 g/mol. The molecule has 1 N–H and O–H groups in total. The van der Waals surface area contributed by atoms with Crippen LogP contribution in [0.15, 0.2) is 46.4 Å². The third-order valence-corrected chi connectivity index (χ3v) is 5.14. The van der Waals surface area contributed by atoms with Crippen LogP contribution in [0.5, 0.6) is 11.5 Å². The molecule has 0 unspecified atom stereocenters. The van der Waals surface area contributed by atoms with Gasteiger partial charge in [-0.1, -0.05) is 12.1 Å². The first-order chi connectivity index (χ1) is 14.9. The Morgan fingerprint density at radius 1 is 0.742 bits per heavy atom. The SMILES string of the molecule is COc1ccc(OC)c2c1C(Nc1nc(C)ccc1C)=N/C2=N\c1nc(C)ccc1C. The third-order valence-electron chi connectivity index (χ3n) is 5.14. The predicted molar refractivity (Wildman–Crippen MR) is 123 cm³/mol. The largest absolute Gasteiger partial charge is 0.496 e. The molecule has 0 fully saturated rings. The quantitative estimate of drug-likeness (QED) is 0.669. The van der Waals surface area contributed by atoms with E-state index in [1.165, 1.54) is 0 Å². The van der Waals surface area contributed by atoms with Gasteiger partial charge in [0.05, 0.1) is 25.3 Å². The van der Waals surface area contributed by atoms with E-state index >= 15 is 0 Å². The van der Waals surface area contributed by atoms with Crippen molar-refractivity contribution in [3.63, 3.8) is 0 Å². The molecule has 1 aliphatic heterocycles. The molecule has 0 aliphatic carbocycles. The highest BCUT2D eigenvalue weighted by atomic mass is 16.5. The first-order valence-electron chi connectivity index (χ1n) is 10.00. The second kappa shape index (κ2) is 8.18. The van der Waals surface area contributed by atoms with Crippen LogP contribution in [-0.4, -0.2) is 35.9 Å². The fraction of sp³-hybridized carbons (Fsp3) is 0.250. The molecule has 1 aliphatic rings. The van der Waals surface area contributed by atoms with Crippen molar-refractivity contribution in [1.82, 2.24) is 9.97 Å². The maximum atomic E-state index is 5.65. The third kappa shape index (κ3) is 3.86. The lowest BCUT2D eigenvalue weighted by Gasteiger charge is -2.14. The zero-order valence-electron chi connectivity index (χ0n) is 18.6. The van der Waals surface area contributed by atoms with Crippen molar-refractivity contribution < 1.29 is 9.47 Å². The second-order valence-corrected chi connectivity index (χ2v) is 7.45. The number of hydrogen-bond acceptors (Lipinski definition) is 6. The van der Waals surface area contributed by atoms with Gasteiger partial charge in [-0.15, -0.1) is 0 Å². The van der Waals surface area contributed by atoms with E-state index in [1.807, 2.05) is 64.1 Å². The number of anilines is 1. The number of fused-ring (bicyclic) bond motifs is 1. The molecule has 0 spiro atoms. The number of nitrogens with zero attached hydrogens (tertiary/aromatic N) is 4. The Bertz CT molecular complexity index is 1230. The average Bonchev–Trinajstić information content (AvgIpc) is 3.11. The summed E-state index contributed by atoms with van der Waals surface area (Å²) in [6.45, 7) is 7.88. The number of aliphatic imine (C=N–C) groups is 2. The topological polar surface area (TPSA) is 81.0 Å². The van der Waals surface area contributed by atoms with Crippen molar-refractivity contribution in [3.05, 3.63) is 70.0 Å². The Balaban J connectivity index is 1.92. The predicted octanol–water partition coefficient (Wildman–Crippen LogP) is 4.68. The number of aromatic nitrogens is 2. The van der Waals surface area contributed by atoms with Gasteiger partial charge < -0.3 is 14.8 Å². The maximum absolute atomic E-state index is 5.65. The highest BCUT2D eigenvalue weighted by molar-refractivity contribution is 6.28. The molecule has 31 heavy (non-hydrogen) atoms. The molecule has 7 heteroatoms. The van der Waals surface area contributed by atoms with Gasteiger partial charge in [0.25, 0.3) is 0 Å². The van der Waals surface area contributed by atoms with Crippen LogP contribution in [-0.2, 0) is 0 Å². The van der Waals surface area contributed by atoms with Gasteiger partial charge in [0.15, 0.2) is 11.7 Å². The Hall–Kier alpha value is -3.74. The van der Waals surface area contributed by atoms with Crippen molar-refractivity contribution >= 4 is 23.3 Å². The van der Waals surface area contributed by atoms with E-state index in [-0.39, 0.29) is 0 Å². The van der Waals surface area contributed by atoms with Crippen molar-refractivity contribution in [3.8, 4) is 11.5 Å². The van der Waals surface area contributed by atoms with E-state index in [0.717, 1.165) is 39.5 Å². The Labute approximate surface area is 181 Å². The number of methoxy groups -OCH3 is 2. The summed E-state index contributed by atoms with van der Waals surface area (Å²) in [5.74, 6) is 3.82. The van der Waals surface area contributed by atoms with Gasteiger partial charge in [-0.2, -0.15) is 0 Å². The van der Waals surface area contributed by atoms with Gasteiger partial charge >= 0.3 is 0 Å². The number of benzene rings is 1. The van der Waals surface area contributed by atoms with Crippen molar-refractivity contribution in [1.29, 1.82) is 0 Å². The van der Waals surface area contributed by atoms with E-state index in [2.05, 4.69) is 15.3 Å². The standard InChI is InChI=1S/C24H25N5O2/c1-13-7-9-15(3)25-21(13)27-23-19-17(30-5)11-12-18(31-6)20(19)24(29-23)28-22-14(2)8-10-16(4)26-22/h7-12H,1-6H3,(H,25,26,27,28,29). The smallest absolute Gasteiger partial charge is 0.168 e. The van der Waals surface area contributed by atoms with E-state index in [9.17, 15) is 0 Å². The number of ether oxygens (including phenoxy) is 2. The summed E-state index contributed by atoms with van der Waals surface area (Å²) >= 11 is 0. The minimum Gasteiger partial charge on any atom is -0.496 e. The summed E-state index contributed by atoms with van der Waals surface area (Å²) in [4.78, 5) is 18.8. The number of nitrogens with one attached hydrogen (secondary N) is 1. The van der Waals surface area contributed by atoms with Crippen LogP contribution < -0.4 is 14.8 Å². The molecule has 0 atom stereocenters. The molecule has 0 amide bonds. The maximum Gasteiger partial charge on any atom is 0.168 e. The van der Waals surface area contributed by atoms with Crippen LogP contribution in [0.25, 0.3) is 0 Å². The normalized spacial score (nSPS) is 13.7. The van der Waals surface area contributed by atoms with Crippen LogP contribution in [0.3, 0.4) is 0 Å². The lowest BCUT2D eigenvalue weighted by molar-refractivity contribution is 0.402. The molecule has 4 rings (SSSR count). The van der Waals surface area contributed by atoms with Crippen molar-refractivity contribution in [2.45, 2.75) is 27.7 Å². The molecular weight excluding hydrogens is 390 g/mol. The van der Waals surface area contributed by atoms with Gasteiger partial charge in [0.1, 0.15) is 23.2 Å². The summed E-state index contributed by atoms with van der Waals surface area (Å²) in [7, 11) is 3.27. The van der Waals surface area contributed by atoms with E-state index < -0.39 is 0 Å². The van der Waals surface area contributed by atoms with Gasteiger partial charge in [-0.3, -0.25) is 0 Å². The average molecular weight is 415 g/mol. The Kier molecular flexibility index (Phi) is 5.42. The summed E-state index contributed by atoms with van der Waals surface area (Å²) in [5, 5.41) is 3.38. The number of aryl methyl sites for hydroxylation is 4. The fourth-order valence-electron chi connectivity index (χ4n) is 3.44. The number of amidine groups is 2. The number of rotatable bonds is 4. The molecule has 0 bridgehead atoms. The van der Waals surface area contributed by atoms with Gasteiger partial charge in [0, 0.05) is 11.4 Å². The summed E-state index contributed by atoms with van der Waals surface area (Å²) in [6.07, 6.45) is 0. The summed E-state index contributed by atoms with van der Waals surface area (Å²) in [6, 6.07) is 11.7. The minimum atomic E-state index is 0.514. The highest BCUT2D eigenvalue weighted by Gasteiger charge is 2.30. The zero-order chi connectivity index (χ0) is 22.1. The van der Waals surface area contributed by atoms with E-state index in [4.69, 9.17) is 19.5 Å². The van der Waals surface area contributed by atoms with Gasteiger partial charge in [-0.05, 0) is 63.1 Å².